The molecule has 1 heterocycles. The van der Waals surface area contributed by atoms with Crippen LogP contribution in [0.2, 0.25) is 0 Å². The van der Waals surface area contributed by atoms with Crippen LogP contribution in [0.4, 0.5) is 0 Å². The summed E-state index contributed by atoms with van der Waals surface area (Å²) in [5, 5.41) is 0. The van der Waals surface area contributed by atoms with E-state index in [1.165, 1.54) is 122 Å². The van der Waals surface area contributed by atoms with E-state index in [-0.39, 0.29) is 25.6 Å². The number of unbranched alkanes of at least 4 members (excludes halogenated alkanes) is 23. The SMILES string of the molecule is CCCCCCCCCCCCCCCCCC(=O)OCC(COP(=O)(O)OCC[N+](C)(C)C)OC(=O)CCCCCCCC1OC1CCCCCCCC. The minimum atomic E-state index is -4.38. The van der Waals surface area contributed by atoms with Crippen LogP contribution in [-0.4, -0.2) is 87.1 Å². The molecule has 0 amide bonds. The molecular formula is C44H87NO9P+. The lowest BCUT2D eigenvalue weighted by Crippen LogP contribution is -2.37. The molecule has 0 spiro atoms. The zero-order chi connectivity index (χ0) is 40.5. The molecule has 1 aliphatic heterocycles. The van der Waals surface area contributed by atoms with Crippen molar-refractivity contribution in [2.45, 2.75) is 225 Å². The van der Waals surface area contributed by atoms with Crippen LogP contribution in [-0.2, 0) is 37.4 Å². The van der Waals surface area contributed by atoms with E-state index < -0.39 is 26.5 Å². The third kappa shape index (κ3) is 34.7. The third-order valence-corrected chi connectivity index (χ3v) is 11.5. The number of esters is 2. The smallest absolute Gasteiger partial charge is 0.462 e. The molecule has 4 atom stereocenters. The van der Waals surface area contributed by atoms with Crippen molar-refractivity contribution in [1.82, 2.24) is 0 Å². The van der Waals surface area contributed by atoms with Crippen molar-refractivity contribution in [3.8, 4) is 0 Å². The lowest BCUT2D eigenvalue weighted by Gasteiger charge is -2.24. The minimum Gasteiger partial charge on any atom is -0.462 e. The van der Waals surface area contributed by atoms with Gasteiger partial charge in [0.05, 0.1) is 40.0 Å². The van der Waals surface area contributed by atoms with Gasteiger partial charge in [-0.25, -0.2) is 4.57 Å². The zero-order valence-corrected chi connectivity index (χ0v) is 37.3. The Morgan fingerprint density at radius 3 is 1.42 bits per heavy atom. The molecule has 10 nitrogen and oxygen atoms in total. The summed E-state index contributed by atoms with van der Waals surface area (Å²) in [6, 6.07) is 0. The topological polar surface area (TPSA) is 121 Å². The third-order valence-electron chi connectivity index (χ3n) is 10.6. The van der Waals surface area contributed by atoms with Crippen LogP contribution in [0, 0.1) is 0 Å². The second-order valence-electron chi connectivity index (χ2n) is 17.2. The number of phosphoric ester groups is 1. The summed E-state index contributed by atoms with van der Waals surface area (Å²) < 4.78 is 40.2. The van der Waals surface area contributed by atoms with Crippen LogP contribution in [0.15, 0.2) is 0 Å². The first-order valence-electron chi connectivity index (χ1n) is 22.9. The summed E-state index contributed by atoms with van der Waals surface area (Å²) in [4.78, 5) is 35.4. The van der Waals surface area contributed by atoms with Crippen molar-refractivity contribution in [3.05, 3.63) is 0 Å². The van der Waals surface area contributed by atoms with Crippen LogP contribution in [0.5, 0.6) is 0 Å². The quantitative estimate of drug-likeness (QED) is 0.0212. The number of hydrogen-bond acceptors (Lipinski definition) is 8. The maximum atomic E-state index is 12.7. The predicted octanol–water partition coefficient (Wildman–Crippen LogP) is 11.8. The molecule has 0 aromatic heterocycles. The lowest BCUT2D eigenvalue weighted by molar-refractivity contribution is -0.870. The molecule has 1 rings (SSSR count). The van der Waals surface area contributed by atoms with Crippen LogP contribution >= 0.6 is 7.82 Å². The van der Waals surface area contributed by atoms with Crippen molar-refractivity contribution in [3.63, 3.8) is 0 Å². The van der Waals surface area contributed by atoms with E-state index in [1.807, 2.05) is 21.1 Å². The van der Waals surface area contributed by atoms with Gasteiger partial charge in [-0.2, -0.15) is 0 Å². The first-order chi connectivity index (χ1) is 26.5. The summed E-state index contributed by atoms with van der Waals surface area (Å²) in [5.41, 5.74) is 0. The molecule has 55 heavy (non-hydrogen) atoms. The van der Waals surface area contributed by atoms with E-state index in [2.05, 4.69) is 13.8 Å². The molecule has 0 bridgehead atoms. The van der Waals surface area contributed by atoms with E-state index in [0.717, 1.165) is 51.4 Å². The van der Waals surface area contributed by atoms with Gasteiger partial charge in [-0.3, -0.25) is 18.6 Å². The summed E-state index contributed by atoms with van der Waals surface area (Å²) in [5.74, 6) is -0.804. The summed E-state index contributed by atoms with van der Waals surface area (Å²) in [6.45, 7) is 4.42. The average Bonchev–Trinajstić information content (AvgIpc) is 3.89. The van der Waals surface area contributed by atoms with Crippen LogP contribution in [0.1, 0.15) is 206 Å². The van der Waals surface area contributed by atoms with E-state index in [4.69, 9.17) is 23.3 Å². The highest BCUT2D eigenvalue weighted by Gasteiger charge is 2.36. The Kier molecular flexibility index (Phi) is 32.0. The number of carbonyl (C=O) groups is 2. The van der Waals surface area contributed by atoms with Crippen LogP contribution in [0.3, 0.4) is 0 Å². The second kappa shape index (κ2) is 33.9. The number of epoxide rings is 1. The Balaban J connectivity index is 2.26. The minimum absolute atomic E-state index is 0.0312. The van der Waals surface area contributed by atoms with Crippen LogP contribution in [0.25, 0.3) is 0 Å². The Hall–Kier alpha value is -1.03. The monoisotopic (exact) mass is 805 g/mol. The fourth-order valence-corrected chi connectivity index (χ4v) is 7.60. The molecule has 4 unspecified atom stereocenters. The van der Waals surface area contributed by atoms with E-state index in [9.17, 15) is 19.0 Å². The molecule has 326 valence electrons. The highest BCUT2D eigenvalue weighted by atomic mass is 31.2. The molecule has 0 saturated carbocycles. The van der Waals surface area contributed by atoms with Crippen molar-refractivity contribution < 1.29 is 46.8 Å². The Labute approximate surface area is 338 Å². The van der Waals surface area contributed by atoms with Gasteiger partial charge in [0.2, 0.25) is 0 Å². The number of likely N-dealkylation sites (N-methyl/N-ethyl adjacent to an activating group) is 1. The summed E-state index contributed by atoms with van der Waals surface area (Å²) in [6.07, 6.45) is 34.4. The fraction of sp³-hybridized carbons (Fsp3) is 0.955. The number of rotatable bonds is 41. The molecule has 1 fully saturated rings. The Bertz CT molecular complexity index is 975. The number of quaternary nitrogens is 1. The van der Waals surface area contributed by atoms with Crippen molar-refractivity contribution in [2.24, 2.45) is 0 Å². The Morgan fingerprint density at radius 1 is 0.582 bits per heavy atom. The number of carbonyl (C=O) groups excluding carboxylic acids is 2. The standard InChI is InChI=1S/C44H86NO9P/c1-6-8-10-12-14-15-16-17-18-19-20-21-22-26-30-34-43(46)50-38-40(39-52-55(48,49)51-37-36-45(3,4)5)53-44(47)35-31-27-23-25-29-33-42-41(54-42)32-28-24-13-11-9-7-2/h40-42H,6-39H2,1-5H3/p+1. The number of hydrogen-bond donors (Lipinski definition) is 1. The largest absolute Gasteiger partial charge is 0.472 e. The molecule has 0 radical (unpaired) electrons. The molecule has 0 aromatic rings. The fourth-order valence-electron chi connectivity index (χ4n) is 6.86. The summed E-state index contributed by atoms with van der Waals surface area (Å²) >= 11 is 0. The highest BCUT2D eigenvalue weighted by molar-refractivity contribution is 7.47. The summed E-state index contributed by atoms with van der Waals surface area (Å²) in [7, 11) is 1.47. The van der Waals surface area contributed by atoms with Gasteiger partial charge in [-0.1, -0.05) is 168 Å². The van der Waals surface area contributed by atoms with E-state index >= 15 is 0 Å². The van der Waals surface area contributed by atoms with Gasteiger partial charge in [0.15, 0.2) is 6.10 Å². The molecular weight excluding hydrogens is 717 g/mol. The molecule has 11 heteroatoms. The normalized spacial score (nSPS) is 17.2. The van der Waals surface area contributed by atoms with Gasteiger partial charge in [-0.05, 0) is 25.7 Å². The van der Waals surface area contributed by atoms with Gasteiger partial charge in [0, 0.05) is 12.8 Å². The molecule has 1 aliphatic rings. The van der Waals surface area contributed by atoms with Gasteiger partial charge in [0.25, 0.3) is 0 Å². The number of phosphoric acid groups is 1. The van der Waals surface area contributed by atoms with Gasteiger partial charge in [-0.15, -0.1) is 0 Å². The molecule has 0 aromatic carbocycles. The van der Waals surface area contributed by atoms with Gasteiger partial charge in [0.1, 0.15) is 19.8 Å². The molecule has 1 saturated heterocycles. The number of ether oxygens (including phenoxy) is 3. The van der Waals surface area contributed by atoms with E-state index in [0.29, 0.717) is 36.1 Å². The van der Waals surface area contributed by atoms with Crippen molar-refractivity contribution >= 4 is 19.8 Å². The Morgan fingerprint density at radius 2 is 0.982 bits per heavy atom. The van der Waals surface area contributed by atoms with Gasteiger partial charge < -0.3 is 23.6 Å². The van der Waals surface area contributed by atoms with E-state index in [1.54, 1.807) is 0 Å². The predicted molar refractivity (Wildman–Crippen MR) is 224 cm³/mol. The van der Waals surface area contributed by atoms with Crippen molar-refractivity contribution in [1.29, 1.82) is 0 Å². The average molecular weight is 805 g/mol. The highest BCUT2D eigenvalue weighted by Crippen LogP contribution is 2.43. The lowest BCUT2D eigenvalue weighted by atomic mass is 10.0. The maximum Gasteiger partial charge on any atom is 0.472 e. The maximum absolute atomic E-state index is 12.7. The number of nitrogens with zero attached hydrogens (tertiary/aromatic N) is 1. The van der Waals surface area contributed by atoms with Crippen LogP contribution < -0.4 is 0 Å². The zero-order valence-electron chi connectivity index (χ0n) is 36.4. The first-order valence-corrected chi connectivity index (χ1v) is 24.4. The first kappa shape index (κ1) is 52.0. The molecule has 1 N–H and O–H groups in total. The van der Waals surface area contributed by atoms with Gasteiger partial charge >= 0.3 is 19.8 Å². The second-order valence-corrected chi connectivity index (χ2v) is 18.6. The van der Waals surface area contributed by atoms with Crippen molar-refractivity contribution in [2.75, 3.05) is 47.5 Å². The molecule has 0 aliphatic carbocycles.